The zero-order chi connectivity index (χ0) is 18.4. The Labute approximate surface area is 157 Å². The summed E-state index contributed by atoms with van der Waals surface area (Å²) in [5, 5.41) is 15.1. The van der Waals surface area contributed by atoms with Gasteiger partial charge in [0.2, 0.25) is 5.91 Å². The fraction of sp³-hybridized carbons (Fsp3) is 0.300. The van der Waals surface area contributed by atoms with E-state index in [-0.39, 0.29) is 18.6 Å². The van der Waals surface area contributed by atoms with Gasteiger partial charge in [-0.1, -0.05) is 23.7 Å². The topological polar surface area (TPSA) is 74.2 Å². The molecule has 6 heteroatoms. The van der Waals surface area contributed by atoms with Gasteiger partial charge in [0.25, 0.3) is 0 Å². The normalized spacial score (nSPS) is 13.8. The van der Waals surface area contributed by atoms with Crippen LogP contribution >= 0.6 is 11.6 Å². The molecule has 3 rings (SSSR count). The molecule has 26 heavy (non-hydrogen) atoms. The van der Waals surface area contributed by atoms with Crippen LogP contribution in [-0.2, 0) is 4.79 Å². The molecule has 1 saturated carbocycles. The van der Waals surface area contributed by atoms with Crippen LogP contribution in [-0.4, -0.2) is 18.6 Å². The van der Waals surface area contributed by atoms with Gasteiger partial charge in [-0.3, -0.25) is 4.79 Å². The van der Waals surface area contributed by atoms with E-state index in [0.717, 1.165) is 24.3 Å². The van der Waals surface area contributed by atoms with E-state index in [0.29, 0.717) is 16.3 Å². The summed E-state index contributed by atoms with van der Waals surface area (Å²) in [4.78, 5) is 12.2. The van der Waals surface area contributed by atoms with Crippen molar-refractivity contribution in [2.75, 3.05) is 17.2 Å². The van der Waals surface area contributed by atoms with Crippen LogP contribution in [0.2, 0.25) is 5.02 Å². The van der Waals surface area contributed by atoms with Gasteiger partial charge in [-0.25, -0.2) is 0 Å². The number of hydrogen-bond acceptors (Lipinski definition) is 4. The van der Waals surface area contributed by atoms with Crippen LogP contribution in [0.15, 0.2) is 42.5 Å². The number of nitrogens with one attached hydrogen (secondary N) is 2. The molecule has 2 aromatic rings. The van der Waals surface area contributed by atoms with Crippen LogP contribution in [0, 0.1) is 11.3 Å². The summed E-state index contributed by atoms with van der Waals surface area (Å²) in [6.07, 6.45) is 4.82. The first-order chi connectivity index (χ1) is 12.7. The number of carbonyl (C=O) groups excluding carboxylic acids is 1. The Balaban J connectivity index is 1.57. The van der Waals surface area contributed by atoms with Crippen molar-refractivity contribution >= 4 is 28.9 Å². The van der Waals surface area contributed by atoms with E-state index >= 15 is 0 Å². The maximum Gasteiger partial charge on any atom is 0.243 e. The van der Waals surface area contributed by atoms with Crippen molar-refractivity contribution in [1.29, 1.82) is 5.26 Å². The number of nitrogens with zero attached hydrogens (tertiary/aromatic N) is 1. The highest BCUT2D eigenvalue weighted by atomic mass is 35.5. The van der Waals surface area contributed by atoms with E-state index in [4.69, 9.17) is 21.6 Å². The molecule has 1 aliphatic rings. The number of para-hydroxylation sites is 2. The summed E-state index contributed by atoms with van der Waals surface area (Å²) in [5.41, 5.74) is 1.73. The van der Waals surface area contributed by atoms with Crippen molar-refractivity contribution < 1.29 is 9.53 Å². The molecule has 2 N–H and O–H groups in total. The molecule has 1 aliphatic carbocycles. The minimum absolute atomic E-state index is 0.0999. The molecule has 0 spiro atoms. The molecule has 0 radical (unpaired) electrons. The quantitative estimate of drug-likeness (QED) is 0.781. The Bertz CT molecular complexity index is 826. The molecule has 0 bridgehead atoms. The number of anilines is 2. The van der Waals surface area contributed by atoms with Crippen molar-refractivity contribution in [3.8, 4) is 11.8 Å². The van der Waals surface area contributed by atoms with Gasteiger partial charge in [0.15, 0.2) is 0 Å². The highest BCUT2D eigenvalue weighted by molar-refractivity contribution is 6.32. The molecule has 1 amide bonds. The molecule has 0 aromatic heterocycles. The lowest BCUT2D eigenvalue weighted by atomic mass is 10.2. The lowest BCUT2D eigenvalue weighted by Gasteiger charge is -2.17. The van der Waals surface area contributed by atoms with Gasteiger partial charge in [0, 0.05) is 5.69 Å². The van der Waals surface area contributed by atoms with Crippen LogP contribution in [0.1, 0.15) is 31.2 Å². The van der Waals surface area contributed by atoms with Crippen molar-refractivity contribution in [2.24, 2.45) is 0 Å². The lowest BCUT2D eigenvalue weighted by Crippen LogP contribution is -2.22. The van der Waals surface area contributed by atoms with Crippen LogP contribution in [0.25, 0.3) is 0 Å². The van der Waals surface area contributed by atoms with Gasteiger partial charge >= 0.3 is 0 Å². The second-order valence-corrected chi connectivity index (χ2v) is 6.64. The molecule has 0 aliphatic heterocycles. The number of halogens is 1. The molecule has 134 valence electrons. The monoisotopic (exact) mass is 369 g/mol. The van der Waals surface area contributed by atoms with E-state index < -0.39 is 0 Å². The number of amides is 1. The number of nitriles is 1. The third-order valence-electron chi connectivity index (χ3n) is 4.30. The first kappa shape index (κ1) is 18.1. The van der Waals surface area contributed by atoms with Crippen molar-refractivity contribution in [2.45, 2.75) is 31.8 Å². The molecule has 1 fully saturated rings. The summed E-state index contributed by atoms with van der Waals surface area (Å²) < 4.78 is 6.06. The minimum atomic E-state index is -0.207. The summed E-state index contributed by atoms with van der Waals surface area (Å²) in [6.45, 7) is 0.0999. The summed E-state index contributed by atoms with van der Waals surface area (Å²) >= 11 is 5.98. The molecular formula is C20H20ClN3O2. The molecule has 2 aromatic carbocycles. The van der Waals surface area contributed by atoms with Gasteiger partial charge in [-0.15, -0.1) is 0 Å². The number of hydrogen-bond donors (Lipinski definition) is 2. The molecule has 0 unspecified atom stereocenters. The highest BCUT2D eigenvalue weighted by Gasteiger charge is 2.18. The number of benzene rings is 2. The van der Waals surface area contributed by atoms with Gasteiger partial charge in [0.05, 0.1) is 28.9 Å². The third kappa shape index (κ3) is 4.68. The van der Waals surface area contributed by atoms with E-state index in [2.05, 4.69) is 10.6 Å². The fourth-order valence-corrected chi connectivity index (χ4v) is 3.19. The molecule has 0 atom stereocenters. The molecule has 5 nitrogen and oxygen atoms in total. The minimum Gasteiger partial charge on any atom is -0.488 e. The maximum atomic E-state index is 12.2. The van der Waals surface area contributed by atoms with Crippen molar-refractivity contribution in [3.63, 3.8) is 0 Å². The second kappa shape index (κ2) is 8.59. The number of ether oxygens (including phenoxy) is 1. The first-order valence-electron chi connectivity index (χ1n) is 8.65. The second-order valence-electron chi connectivity index (χ2n) is 6.23. The van der Waals surface area contributed by atoms with E-state index in [1.807, 2.05) is 30.3 Å². The molecule has 0 saturated heterocycles. The van der Waals surface area contributed by atoms with Gasteiger partial charge in [0.1, 0.15) is 11.8 Å². The van der Waals surface area contributed by atoms with E-state index in [9.17, 15) is 4.79 Å². The van der Waals surface area contributed by atoms with Crippen molar-refractivity contribution in [1.82, 2.24) is 0 Å². The zero-order valence-corrected chi connectivity index (χ0v) is 15.1. The first-order valence-corrected chi connectivity index (χ1v) is 9.02. The average Bonchev–Trinajstić information content (AvgIpc) is 3.14. The maximum absolute atomic E-state index is 12.2. The van der Waals surface area contributed by atoms with Crippen LogP contribution in [0.3, 0.4) is 0 Å². The molecule has 0 heterocycles. The van der Waals surface area contributed by atoms with E-state index in [1.54, 1.807) is 18.2 Å². The summed E-state index contributed by atoms with van der Waals surface area (Å²) in [5.74, 6) is 0.565. The van der Waals surface area contributed by atoms with Crippen LogP contribution < -0.4 is 15.4 Å². The number of carbonyl (C=O) groups is 1. The molecular weight excluding hydrogens is 350 g/mol. The van der Waals surface area contributed by atoms with Crippen LogP contribution in [0.4, 0.5) is 11.4 Å². The Hall–Kier alpha value is -2.71. The van der Waals surface area contributed by atoms with Gasteiger partial charge in [-0.05, 0) is 56.0 Å². The third-order valence-corrected chi connectivity index (χ3v) is 4.61. The number of rotatable bonds is 6. The Morgan fingerprint density at radius 2 is 2.00 bits per heavy atom. The Morgan fingerprint density at radius 1 is 1.23 bits per heavy atom. The Kier molecular flexibility index (Phi) is 5.98. The highest BCUT2D eigenvalue weighted by Crippen LogP contribution is 2.29. The van der Waals surface area contributed by atoms with Gasteiger partial charge < -0.3 is 15.4 Å². The van der Waals surface area contributed by atoms with Crippen molar-refractivity contribution in [3.05, 3.63) is 53.1 Å². The fourth-order valence-electron chi connectivity index (χ4n) is 2.97. The Morgan fingerprint density at radius 3 is 2.73 bits per heavy atom. The predicted octanol–water partition coefficient (Wildman–Crippen LogP) is 4.58. The zero-order valence-electron chi connectivity index (χ0n) is 14.3. The van der Waals surface area contributed by atoms with Gasteiger partial charge in [-0.2, -0.15) is 5.26 Å². The standard InChI is InChI=1S/C20H20ClN3O2/c21-17-11-15(10-9-14(17)12-22)24-20(25)13-23-18-7-3-4-8-19(18)26-16-5-1-2-6-16/h3-4,7-11,16,23H,1-2,5-6,13H2,(H,24,25). The predicted molar refractivity (Wildman–Crippen MR) is 103 cm³/mol. The smallest absolute Gasteiger partial charge is 0.243 e. The summed E-state index contributed by atoms with van der Waals surface area (Å²) in [7, 11) is 0. The lowest BCUT2D eigenvalue weighted by molar-refractivity contribution is -0.114. The van der Waals surface area contributed by atoms with E-state index in [1.165, 1.54) is 12.8 Å². The average molecular weight is 370 g/mol. The largest absolute Gasteiger partial charge is 0.488 e. The SMILES string of the molecule is N#Cc1ccc(NC(=O)CNc2ccccc2OC2CCCC2)cc1Cl. The van der Waals surface area contributed by atoms with Crippen LogP contribution in [0.5, 0.6) is 5.75 Å². The summed E-state index contributed by atoms with van der Waals surface area (Å²) in [6, 6.07) is 14.4.